The normalized spacial score (nSPS) is 12.0. The van der Waals surface area contributed by atoms with Crippen molar-refractivity contribution in [2.75, 3.05) is 0 Å². The van der Waals surface area contributed by atoms with Gasteiger partial charge in [-0.1, -0.05) is 170 Å². The topological polar surface area (TPSA) is 66.6 Å². The lowest BCUT2D eigenvalue weighted by molar-refractivity contribution is 0.669. The summed E-state index contributed by atoms with van der Waals surface area (Å²) in [6.45, 7) is 0. The number of rotatable bonds is 7. The van der Waals surface area contributed by atoms with Gasteiger partial charge in [0.05, 0.1) is 33.1 Å². The molecule has 17 aromatic rings. The molecule has 7 heteroatoms. The van der Waals surface area contributed by atoms with E-state index in [4.69, 9.17) is 19.4 Å². The lowest BCUT2D eigenvalue weighted by atomic mass is 9.94. The molecule has 0 saturated carbocycles. The maximum absolute atomic E-state index is 6.64. The van der Waals surface area contributed by atoms with Crippen molar-refractivity contribution >= 4 is 98.1 Å². The first kappa shape index (κ1) is 44.3. The number of para-hydroxylation sites is 6. The number of benzene rings is 12. The van der Waals surface area contributed by atoms with E-state index in [0.717, 1.165) is 121 Å². The largest absolute Gasteiger partial charge is 0.456 e. The third-order valence-corrected chi connectivity index (χ3v) is 16.3. The number of furan rings is 1. The van der Waals surface area contributed by atoms with E-state index in [-0.39, 0.29) is 0 Å². The van der Waals surface area contributed by atoms with Crippen LogP contribution in [0, 0.1) is 0 Å². The summed E-state index contributed by atoms with van der Waals surface area (Å²) < 4.78 is 13.7. The van der Waals surface area contributed by atoms with E-state index < -0.39 is 0 Å². The van der Waals surface area contributed by atoms with Gasteiger partial charge in [-0.2, -0.15) is 0 Å². The van der Waals surface area contributed by atoms with Gasteiger partial charge >= 0.3 is 0 Å². The molecule has 0 aliphatic heterocycles. The molecule has 0 aliphatic carbocycles. The summed E-state index contributed by atoms with van der Waals surface area (Å²) in [5.74, 6) is 1.70. The summed E-state index contributed by atoms with van der Waals surface area (Å²) >= 11 is 0. The molecule has 7 nitrogen and oxygen atoms in total. The zero-order valence-corrected chi connectivity index (χ0v) is 43.0. The molecule has 5 aromatic heterocycles. The quantitative estimate of drug-likeness (QED) is 0.160. The highest BCUT2D eigenvalue weighted by molar-refractivity contribution is 6.19. The van der Waals surface area contributed by atoms with E-state index in [1.54, 1.807) is 0 Å². The lowest BCUT2D eigenvalue weighted by Crippen LogP contribution is -2.03. The molecule has 0 unspecified atom stereocenters. The summed E-state index contributed by atoms with van der Waals surface area (Å²) in [5.41, 5.74) is 16.1. The van der Waals surface area contributed by atoms with Crippen molar-refractivity contribution < 1.29 is 4.42 Å². The molecule has 17 rings (SSSR count). The second-order valence-corrected chi connectivity index (χ2v) is 20.7. The average Bonchev–Trinajstić information content (AvgIpc) is 4.47. The van der Waals surface area contributed by atoms with E-state index in [1.807, 2.05) is 12.1 Å². The zero-order valence-electron chi connectivity index (χ0n) is 43.0. The molecular weight excluding hydrogens is 977 g/mol. The van der Waals surface area contributed by atoms with Crippen molar-refractivity contribution in [1.29, 1.82) is 0 Å². The Balaban J connectivity index is 0.990. The first-order chi connectivity index (χ1) is 39.7. The number of nitrogens with zero attached hydrogens (tertiary/aromatic N) is 6. The van der Waals surface area contributed by atoms with Crippen LogP contribution in [0.3, 0.4) is 0 Å². The number of aromatic nitrogens is 6. The predicted octanol–water partition coefficient (Wildman–Crippen LogP) is 18.9. The zero-order chi connectivity index (χ0) is 52.4. The summed E-state index contributed by atoms with van der Waals surface area (Å²) in [6.07, 6.45) is 0. The molecule has 372 valence electrons. The molecule has 5 heterocycles. The molecule has 0 saturated heterocycles. The SMILES string of the molecule is c1ccc(-n2c3ccccc3c3c(-c4nc(-c5ccc(-n6c7ccccc7c7cc8ccccc8cc76)cc5-c5cccc6oc7ccccc7c56)nc(-c5cccc6c5c5ccccc5n6-c5ccccc5)n4)cccc32)cc1. The molecule has 0 amide bonds. The van der Waals surface area contributed by atoms with Crippen LogP contribution in [0.2, 0.25) is 0 Å². The van der Waals surface area contributed by atoms with Crippen LogP contribution in [0.5, 0.6) is 0 Å². The van der Waals surface area contributed by atoms with Gasteiger partial charge in [-0.05, 0) is 119 Å². The van der Waals surface area contributed by atoms with Crippen molar-refractivity contribution in [3.8, 4) is 62.4 Å². The van der Waals surface area contributed by atoms with Gasteiger partial charge in [0, 0.05) is 76.8 Å². The standard InChI is InChI=1S/C73H44N6O/c1-3-22-47(23-4-1)77-61-34-14-10-27-53(61)68-56(31-17-36-63(68)77)72-74-71(75-73(76-72)57-32-18-37-64-69(57)54-28-11-15-35-62(54)78(64)48-24-5-2-6-25-48)52-41-40-49(44-58(52)51-30-19-39-67-70(51)55-29-12-16-38-66(55)80-67)79-60-33-13-9-26-50(60)59-42-45-20-7-8-21-46(45)43-65(59)79/h1-44H. The summed E-state index contributed by atoms with van der Waals surface area (Å²) in [5, 5.41) is 11.2. The highest BCUT2D eigenvalue weighted by atomic mass is 16.3. The Bertz CT molecular complexity index is 5200. The highest BCUT2D eigenvalue weighted by Crippen LogP contribution is 2.46. The Kier molecular flexibility index (Phi) is 9.58. The van der Waals surface area contributed by atoms with Crippen LogP contribution >= 0.6 is 0 Å². The molecule has 0 N–H and O–H groups in total. The first-order valence-electron chi connectivity index (χ1n) is 27.1. The van der Waals surface area contributed by atoms with E-state index in [2.05, 4.69) is 268 Å². The van der Waals surface area contributed by atoms with Crippen molar-refractivity contribution in [3.05, 3.63) is 267 Å². The van der Waals surface area contributed by atoms with Gasteiger partial charge in [0.2, 0.25) is 0 Å². The van der Waals surface area contributed by atoms with Crippen molar-refractivity contribution in [2.45, 2.75) is 0 Å². The monoisotopic (exact) mass is 1020 g/mol. The number of fused-ring (bicyclic) bond motifs is 13. The first-order valence-corrected chi connectivity index (χ1v) is 27.1. The molecule has 0 atom stereocenters. The molecule has 12 aromatic carbocycles. The van der Waals surface area contributed by atoms with Gasteiger partial charge in [-0.3, -0.25) is 0 Å². The van der Waals surface area contributed by atoms with Gasteiger partial charge in [0.15, 0.2) is 17.5 Å². The summed E-state index contributed by atoms with van der Waals surface area (Å²) in [6, 6.07) is 95.0. The van der Waals surface area contributed by atoms with Crippen LogP contribution in [-0.2, 0) is 0 Å². The van der Waals surface area contributed by atoms with Gasteiger partial charge < -0.3 is 18.1 Å². The Morgan fingerprint density at radius 2 is 0.688 bits per heavy atom. The minimum absolute atomic E-state index is 0.553. The lowest BCUT2D eigenvalue weighted by Gasteiger charge is -2.16. The smallest absolute Gasteiger partial charge is 0.164 e. The second-order valence-electron chi connectivity index (χ2n) is 20.7. The van der Waals surface area contributed by atoms with Gasteiger partial charge in [-0.25, -0.2) is 15.0 Å². The van der Waals surface area contributed by atoms with Crippen LogP contribution in [0.4, 0.5) is 0 Å². The van der Waals surface area contributed by atoms with Crippen LogP contribution in [-0.4, -0.2) is 28.7 Å². The maximum Gasteiger partial charge on any atom is 0.164 e. The van der Waals surface area contributed by atoms with E-state index >= 15 is 0 Å². The Labute approximate surface area is 458 Å². The molecular formula is C73H44N6O. The molecule has 0 fully saturated rings. The number of hydrogen-bond donors (Lipinski definition) is 0. The Hall–Kier alpha value is -10.9. The fraction of sp³-hybridized carbons (Fsp3) is 0. The minimum Gasteiger partial charge on any atom is -0.456 e. The van der Waals surface area contributed by atoms with Crippen LogP contribution in [0.1, 0.15) is 0 Å². The molecule has 0 aliphatic rings. The molecule has 80 heavy (non-hydrogen) atoms. The van der Waals surface area contributed by atoms with E-state index in [9.17, 15) is 0 Å². The van der Waals surface area contributed by atoms with E-state index in [1.165, 1.54) is 21.5 Å². The van der Waals surface area contributed by atoms with Crippen molar-refractivity contribution in [3.63, 3.8) is 0 Å². The van der Waals surface area contributed by atoms with Gasteiger partial charge in [0.1, 0.15) is 11.2 Å². The van der Waals surface area contributed by atoms with Gasteiger partial charge in [0.25, 0.3) is 0 Å². The Morgan fingerprint density at radius 1 is 0.237 bits per heavy atom. The minimum atomic E-state index is 0.553. The second kappa shape index (κ2) is 17.3. The summed E-state index contributed by atoms with van der Waals surface area (Å²) in [7, 11) is 0. The van der Waals surface area contributed by atoms with Gasteiger partial charge in [-0.15, -0.1) is 0 Å². The molecule has 0 radical (unpaired) electrons. The molecule has 0 spiro atoms. The fourth-order valence-electron chi connectivity index (χ4n) is 12.9. The van der Waals surface area contributed by atoms with Crippen LogP contribution < -0.4 is 0 Å². The maximum atomic E-state index is 6.64. The highest BCUT2D eigenvalue weighted by Gasteiger charge is 2.25. The Morgan fingerprint density at radius 3 is 1.31 bits per heavy atom. The fourth-order valence-corrected chi connectivity index (χ4v) is 12.9. The van der Waals surface area contributed by atoms with Crippen molar-refractivity contribution in [2.24, 2.45) is 0 Å². The van der Waals surface area contributed by atoms with Crippen LogP contribution in [0.15, 0.2) is 271 Å². The van der Waals surface area contributed by atoms with Crippen molar-refractivity contribution in [1.82, 2.24) is 28.7 Å². The third kappa shape index (κ3) is 6.58. The van der Waals surface area contributed by atoms with E-state index in [0.29, 0.717) is 17.5 Å². The number of hydrogen-bond acceptors (Lipinski definition) is 4. The third-order valence-electron chi connectivity index (χ3n) is 16.3. The van der Waals surface area contributed by atoms with Crippen LogP contribution in [0.25, 0.3) is 160 Å². The summed E-state index contributed by atoms with van der Waals surface area (Å²) in [4.78, 5) is 17.1. The average molecular weight is 1020 g/mol. The molecule has 0 bridgehead atoms. The predicted molar refractivity (Wildman–Crippen MR) is 329 cm³/mol.